The number of hydrogen-bond acceptors (Lipinski definition) is 6. The van der Waals surface area contributed by atoms with E-state index in [0.717, 1.165) is 11.8 Å². The second-order valence-corrected chi connectivity index (χ2v) is 9.14. The van der Waals surface area contributed by atoms with Gasteiger partial charge in [0.15, 0.2) is 10.3 Å². The molecule has 4 rings (SSSR count). The summed E-state index contributed by atoms with van der Waals surface area (Å²) < 4.78 is 10.9. The number of halogens is 6. The van der Waals surface area contributed by atoms with E-state index >= 15 is 0 Å². The van der Waals surface area contributed by atoms with Crippen molar-refractivity contribution in [3.05, 3.63) is 102 Å². The van der Waals surface area contributed by atoms with Crippen molar-refractivity contribution in [2.75, 3.05) is 0 Å². The molecule has 0 atom stereocenters. The van der Waals surface area contributed by atoms with Crippen molar-refractivity contribution in [1.82, 2.24) is 9.97 Å². The van der Waals surface area contributed by atoms with Crippen LogP contribution in [0.15, 0.2) is 60.7 Å². The number of ether oxygens (including phenoxy) is 2. The summed E-state index contributed by atoms with van der Waals surface area (Å²) in [6.45, 7) is -0.0697. The summed E-state index contributed by atoms with van der Waals surface area (Å²) in [5.41, 5.74) is 1.22. The minimum atomic E-state index is -0.0697. The Labute approximate surface area is 236 Å². The predicted octanol–water partition coefficient (Wildman–Crippen LogP) is 8.97. The molecule has 0 amide bonds. The number of nitrogens with zero attached hydrogens (tertiary/aromatic N) is 2. The van der Waals surface area contributed by atoms with Crippen LogP contribution in [0, 0.1) is 0 Å². The van der Waals surface area contributed by atoms with Crippen LogP contribution in [0.25, 0.3) is 0 Å². The zero-order valence-corrected chi connectivity index (χ0v) is 22.4. The quantitative estimate of drug-likeness (QED) is 0.174. The van der Waals surface area contributed by atoms with Gasteiger partial charge in [0.05, 0.1) is 16.7 Å². The van der Waals surface area contributed by atoms with Crippen LogP contribution in [0.2, 0.25) is 30.4 Å². The van der Waals surface area contributed by atoms with Gasteiger partial charge in [0.2, 0.25) is 11.8 Å². The minimum Gasteiger partial charge on any atom is -0.437 e. The molecule has 2 heterocycles. The van der Waals surface area contributed by atoms with Gasteiger partial charge in [0.25, 0.3) is 0 Å². The van der Waals surface area contributed by atoms with E-state index in [9.17, 15) is 4.79 Å². The van der Waals surface area contributed by atoms with Gasteiger partial charge in [-0.1, -0.05) is 93.9 Å². The Balaban J connectivity index is 0.000000201. The van der Waals surface area contributed by atoms with E-state index in [1.807, 2.05) is 0 Å². The molecule has 12 heteroatoms. The molecule has 1 N–H and O–H groups in total. The molecule has 0 saturated carbocycles. The van der Waals surface area contributed by atoms with Gasteiger partial charge >= 0.3 is 0 Å². The van der Waals surface area contributed by atoms with Crippen molar-refractivity contribution in [2.24, 2.45) is 0 Å². The van der Waals surface area contributed by atoms with Crippen LogP contribution < -0.4 is 9.47 Å². The molecule has 0 aliphatic rings. The molecule has 6 nitrogen and oxygen atoms in total. The summed E-state index contributed by atoms with van der Waals surface area (Å²) in [6, 6.07) is 16.4. The zero-order chi connectivity index (χ0) is 26.2. The van der Waals surface area contributed by atoms with Gasteiger partial charge in [0, 0.05) is 5.56 Å². The topological polar surface area (TPSA) is 81.5 Å². The summed E-state index contributed by atoms with van der Waals surface area (Å²) in [7, 11) is 0. The van der Waals surface area contributed by atoms with Gasteiger partial charge in [-0.25, -0.2) is 0 Å². The highest BCUT2D eigenvalue weighted by Gasteiger charge is 2.11. The maximum atomic E-state index is 10.6. The summed E-state index contributed by atoms with van der Waals surface area (Å²) >= 11 is 35.0. The average Bonchev–Trinajstić information content (AvgIpc) is 2.86. The van der Waals surface area contributed by atoms with E-state index in [4.69, 9.17) is 84.2 Å². The van der Waals surface area contributed by atoms with E-state index in [2.05, 4.69) is 9.97 Å². The molecular weight excluding hydrogens is 593 g/mol. The molecule has 2 aromatic heterocycles. The maximum Gasteiger partial charge on any atom is 0.239 e. The molecule has 36 heavy (non-hydrogen) atoms. The van der Waals surface area contributed by atoms with Crippen molar-refractivity contribution >= 4 is 75.9 Å². The van der Waals surface area contributed by atoms with Crippen LogP contribution in [-0.2, 0) is 6.61 Å². The van der Waals surface area contributed by atoms with E-state index in [-0.39, 0.29) is 48.8 Å². The number of hydrogen-bond donors (Lipinski definition) is 1. The van der Waals surface area contributed by atoms with E-state index in [1.165, 1.54) is 12.1 Å². The Bertz CT molecular complexity index is 1390. The third kappa shape index (κ3) is 7.85. The van der Waals surface area contributed by atoms with E-state index < -0.39 is 0 Å². The molecule has 0 fully saturated rings. The number of rotatable bonds is 6. The summed E-state index contributed by atoms with van der Waals surface area (Å²) in [5, 5.41) is 10.3. The molecule has 0 aliphatic carbocycles. The first-order valence-electron chi connectivity index (χ1n) is 9.84. The van der Waals surface area contributed by atoms with Gasteiger partial charge in [-0.05, 0) is 42.0 Å². The Hall–Kier alpha value is -2.29. The number of aliphatic hydroxyl groups is 1. The number of carbonyl (C=O) groups is 1. The normalized spacial score (nSPS) is 10.3. The fourth-order valence-electron chi connectivity index (χ4n) is 2.58. The van der Waals surface area contributed by atoms with Crippen LogP contribution in [0.1, 0.15) is 15.9 Å². The van der Waals surface area contributed by atoms with Crippen molar-refractivity contribution in [1.29, 1.82) is 0 Å². The first-order chi connectivity index (χ1) is 17.2. The van der Waals surface area contributed by atoms with Crippen LogP contribution in [0.3, 0.4) is 0 Å². The molecular formula is C24H14Cl6N2O4. The number of aldehydes is 1. The number of aliphatic hydroxyl groups excluding tert-OH is 1. The van der Waals surface area contributed by atoms with E-state index in [0.29, 0.717) is 17.1 Å². The molecule has 186 valence electrons. The van der Waals surface area contributed by atoms with Gasteiger partial charge < -0.3 is 14.6 Å². The molecule has 0 saturated heterocycles. The molecule has 0 aliphatic heterocycles. The van der Waals surface area contributed by atoms with Gasteiger partial charge in [0.1, 0.15) is 27.8 Å². The fraction of sp³-hybridized carbons (Fsp3) is 0.0417. The molecule has 0 bridgehead atoms. The second kappa shape index (κ2) is 13.3. The van der Waals surface area contributed by atoms with Crippen LogP contribution in [-0.4, -0.2) is 21.4 Å². The highest BCUT2D eigenvalue weighted by atomic mass is 35.5. The number of carbonyl (C=O) groups excluding carboxylic acids is 1. The van der Waals surface area contributed by atoms with E-state index in [1.54, 1.807) is 48.5 Å². The molecule has 2 aromatic carbocycles. The van der Waals surface area contributed by atoms with Gasteiger partial charge in [-0.15, -0.1) is 0 Å². The smallest absolute Gasteiger partial charge is 0.239 e. The Morgan fingerprint density at radius 1 is 0.694 bits per heavy atom. The molecule has 0 radical (unpaired) electrons. The van der Waals surface area contributed by atoms with Crippen LogP contribution in [0.5, 0.6) is 23.3 Å². The Morgan fingerprint density at radius 3 is 1.69 bits per heavy atom. The maximum absolute atomic E-state index is 10.6. The first kappa shape index (κ1) is 28.3. The lowest BCUT2D eigenvalue weighted by atomic mass is 10.2. The van der Waals surface area contributed by atoms with Gasteiger partial charge in [-0.2, -0.15) is 9.97 Å². The SMILES string of the molecule is O=Cc1cccc(Oc2nc(Cl)c(Cl)cc2Cl)c1.OCc1cccc(Oc2nc(Cl)c(Cl)cc2Cl)c1. The summed E-state index contributed by atoms with van der Waals surface area (Å²) in [6.07, 6.45) is 0.719. The summed E-state index contributed by atoms with van der Waals surface area (Å²) in [4.78, 5) is 18.5. The Kier molecular flexibility index (Phi) is 10.5. The zero-order valence-electron chi connectivity index (χ0n) is 17.9. The van der Waals surface area contributed by atoms with Crippen molar-refractivity contribution < 1.29 is 19.4 Å². The number of benzene rings is 2. The second-order valence-electron chi connectivity index (χ2n) is 6.80. The highest BCUT2D eigenvalue weighted by Crippen LogP contribution is 2.34. The largest absolute Gasteiger partial charge is 0.437 e. The lowest BCUT2D eigenvalue weighted by Gasteiger charge is -2.08. The van der Waals surface area contributed by atoms with Gasteiger partial charge in [-0.3, -0.25) is 4.79 Å². The van der Waals surface area contributed by atoms with Crippen molar-refractivity contribution in [3.63, 3.8) is 0 Å². The molecule has 0 spiro atoms. The highest BCUT2D eigenvalue weighted by molar-refractivity contribution is 6.43. The minimum absolute atomic E-state index is 0.0697. The monoisotopic (exact) mass is 604 g/mol. The summed E-state index contributed by atoms with van der Waals surface area (Å²) in [5.74, 6) is 1.25. The predicted molar refractivity (Wildman–Crippen MR) is 143 cm³/mol. The first-order valence-corrected chi connectivity index (χ1v) is 12.1. The van der Waals surface area contributed by atoms with Crippen molar-refractivity contribution in [3.8, 4) is 23.3 Å². The molecule has 0 unspecified atom stereocenters. The standard InChI is InChI=1S/C12H8Cl3NO2.C12H6Cl3NO2/c2*13-9-5-10(14)12(16-11(9)15)18-8-3-1-2-7(4-8)6-17/h1-5,17H,6H2;1-6H. The third-order valence-corrected chi connectivity index (χ3v) is 6.10. The van der Waals surface area contributed by atoms with Crippen LogP contribution >= 0.6 is 69.6 Å². The molecule has 4 aromatic rings. The van der Waals surface area contributed by atoms with Crippen molar-refractivity contribution in [2.45, 2.75) is 6.61 Å². The third-order valence-electron chi connectivity index (χ3n) is 4.21. The lowest BCUT2D eigenvalue weighted by Crippen LogP contribution is -1.91. The number of pyridine rings is 2. The average molecular weight is 607 g/mol. The Morgan fingerprint density at radius 2 is 1.19 bits per heavy atom. The number of aromatic nitrogens is 2. The fourth-order valence-corrected chi connectivity index (χ4v) is 3.64. The lowest BCUT2D eigenvalue weighted by molar-refractivity contribution is 0.112. The van der Waals surface area contributed by atoms with Crippen LogP contribution in [0.4, 0.5) is 0 Å².